The zero-order valence-electron chi connectivity index (χ0n) is 16.3. The molecule has 0 fully saturated rings. The first kappa shape index (κ1) is 18.0. The number of H-pyrrole nitrogens is 1. The van der Waals surface area contributed by atoms with Gasteiger partial charge in [-0.3, -0.25) is 0 Å². The van der Waals surface area contributed by atoms with Gasteiger partial charge in [-0.15, -0.1) is 0 Å². The lowest BCUT2D eigenvalue weighted by atomic mass is 9.86. The molecule has 1 aliphatic heterocycles. The van der Waals surface area contributed by atoms with Crippen molar-refractivity contribution in [1.82, 2.24) is 9.88 Å². The number of nitriles is 1. The van der Waals surface area contributed by atoms with Crippen molar-refractivity contribution in [3.63, 3.8) is 0 Å². The van der Waals surface area contributed by atoms with E-state index in [0.717, 1.165) is 34.0 Å². The van der Waals surface area contributed by atoms with Gasteiger partial charge in [-0.05, 0) is 46.9 Å². The predicted octanol–water partition coefficient (Wildman–Crippen LogP) is 4.73. The van der Waals surface area contributed by atoms with Crippen LogP contribution in [0.3, 0.4) is 0 Å². The second kappa shape index (κ2) is 7.09. The first-order valence-electron chi connectivity index (χ1n) is 9.91. The number of nitrogens with two attached hydrogens (primary N) is 1. The number of aromatic nitrogens is 1. The van der Waals surface area contributed by atoms with Crippen LogP contribution in [0.25, 0.3) is 22.0 Å². The molecule has 0 saturated heterocycles. The normalized spacial score (nSPS) is 15.6. The summed E-state index contributed by atoms with van der Waals surface area (Å²) in [4.78, 5) is 17.3. The van der Waals surface area contributed by atoms with Crippen LogP contribution in [-0.4, -0.2) is 22.5 Å². The number of nitrogens with zero attached hydrogens (tertiary/aromatic N) is 2. The van der Waals surface area contributed by atoms with E-state index in [9.17, 15) is 10.1 Å². The van der Waals surface area contributed by atoms with Crippen LogP contribution in [0.4, 0.5) is 4.79 Å². The molecule has 1 aromatic heterocycles. The van der Waals surface area contributed by atoms with E-state index in [2.05, 4.69) is 41.4 Å². The van der Waals surface area contributed by atoms with Crippen molar-refractivity contribution in [2.75, 3.05) is 6.54 Å². The molecule has 3 aromatic carbocycles. The number of hydrogen-bond acceptors (Lipinski definition) is 2. The molecule has 5 rings (SSSR count). The minimum Gasteiger partial charge on any atom is -0.361 e. The fraction of sp³-hybridized carbons (Fsp3) is 0.120. The Morgan fingerprint density at radius 2 is 1.87 bits per heavy atom. The summed E-state index contributed by atoms with van der Waals surface area (Å²) in [6, 6.07) is 23.7. The van der Waals surface area contributed by atoms with Gasteiger partial charge in [0.25, 0.3) is 0 Å². The fourth-order valence-corrected chi connectivity index (χ4v) is 4.45. The summed E-state index contributed by atoms with van der Waals surface area (Å²) in [6.07, 6.45) is 2.67. The highest BCUT2D eigenvalue weighted by molar-refractivity contribution is 5.87. The van der Waals surface area contributed by atoms with E-state index >= 15 is 0 Å². The summed E-state index contributed by atoms with van der Waals surface area (Å²) in [5.74, 6) is 0. The average molecular weight is 392 g/mol. The number of carbonyl (C=O) groups is 1. The molecule has 0 aliphatic carbocycles. The zero-order valence-corrected chi connectivity index (χ0v) is 16.3. The van der Waals surface area contributed by atoms with Crippen LogP contribution in [-0.2, 0) is 6.42 Å². The molecule has 5 heteroatoms. The van der Waals surface area contributed by atoms with Crippen LogP contribution in [0.2, 0.25) is 0 Å². The maximum Gasteiger partial charge on any atom is 0.315 e. The summed E-state index contributed by atoms with van der Waals surface area (Å²) in [6.45, 7) is 0.551. The molecule has 1 atom stereocenters. The van der Waals surface area contributed by atoms with Crippen LogP contribution in [0.15, 0.2) is 72.9 Å². The lowest BCUT2D eigenvalue weighted by Gasteiger charge is -2.36. The Morgan fingerprint density at radius 1 is 1.03 bits per heavy atom. The van der Waals surface area contributed by atoms with Gasteiger partial charge >= 0.3 is 6.03 Å². The zero-order chi connectivity index (χ0) is 20.7. The molecule has 2 amide bonds. The Balaban J connectivity index is 1.67. The third kappa shape index (κ3) is 2.90. The van der Waals surface area contributed by atoms with Gasteiger partial charge in [0.15, 0.2) is 0 Å². The molecule has 0 spiro atoms. The SMILES string of the molecule is N#Cc1ccc2[nH]cc(C3c4ccc(-c5ccccc5)cc4CCN3C(N)=O)c2c1. The number of hydrogen-bond donors (Lipinski definition) is 2. The third-order valence-corrected chi connectivity index (χ3v) is 5.90. The molecule has 0 bridgehead atoms. The summed E-state index contributed by atoms with van der Waals surface area (Å²) in [5, 5.41) is 10.3. The maximum atomic E-state index is 12.3. The molecule has 146 valence electrons. The van der Waals surface area contributed by atoms with Gasteiger partial charge in [-0.1, -0.05) is 48.5 Å². The van der Waals surface area contributed by atoms with Crippen LogP contribution >= 0.6 is 0 Å². The van der Waals surface area contributed by atoms with Gasteiger partial charge in [0.1, 0.15) is 0 Å². The molecule has 0 saturated carbocycles. The minimum absolute atomic E-state index is 0.293. The summed E-state index contributed by atoms with van der Waals surface area (Å²) < 4.78 is 0. The Bertz CT molecular complexity index is 1300. The summed E-state index contributed by atoms with van der Waals surface area (Å²) >= 11 is 0. The van der Waals surface area contributed by atoms with Crippen molar-refractivity contribution in [3.8, 4) is 17.2 Å². The van der Waals surface area contributed by atoms with Gasteiger partial charge in [0, 0.05) is 29.2 Å². The van der Waals surface area contributed by atoms with Gasteiger partial charge < -0.3 is 15.6 Å². The molecule has 5 nitrogen and oxygen atoms in total. The lowest BCUT2D eigenvalue weighted by molar-refractivity contribution is 0.190. The van der Waals surface area contributed by atoms with E-state index in [-0.39, 0.29) is 6.04 Å². The van der Waals surface area contributed by atoms with Crippen molar-refractivity contribution in [2.45, 2.75) is 12.5 Å². The van der Waals surface area contributed by atoms with Crippen LogP contribution < -0.4 is 5.73 Å². The van der Waals surface area contributed by atoms with E-state index in [1.165, 1.54) is 11.1 Å². The number of rotatable bonds is 2. The fourth-order valence-electron chi connectivity index (χ4n) is 4.45. The topological polar surface area (TPSA) is 85.9 Å². The number of carbonyl (C=O) groups excluding carboxylic acids is 1. The highest BCUT2D eigenvalue weighted by atomic mass is 16.2. The van der Waals surface area contributed by atoms with E-state index in [0.29, 0.717) is 12.1 Å². The molecule has 2 heterocycles. The van der Waals surface area contributed by atoms with E-state index in [4.69, 9.17) is 5.73 Å². The molecule has 0 radical (unpaired) electrons. The Labute approximate surface area is 174 Å². The highest BCUT2D eigenvalue weighted by Gasteiger charge is 2.32. The third-order valence-electron chi connectivity index (χ3n) is 5.90. The summed E-state index contributed by atoms with van der Waals surface area (Å²) in [5.41, 5.74) is 12.8. The van der Waals surface area contributed by atoms with Crippen LogP contribution in [0.1, 0.15) is 28.3 Å². The average Bonchev–Trinajstić information content (AvgIpc) is 3.21. The van der Waals surface area contributed by atoms with Crippen molar-refractivity contribution in [1.29, 1.82) is 5.26 Å². The highest BCUT2D eigenvalue weighted by Crippen LogP contribution is 2.39. The van der Waals surface area contributed by atoms with Crippen molar-refractivity contribution in [3.05, 3.63) is 95.2 Å². The second-order valence-corrected chi connectivity index (χ2v) is 7.58. The molecule has 4 aromatic rings. The molecule has 1 aliphatic rings. The standard InChI is InChI=1S/C25H20N4O/c26-14-16-6-9-23-21(12-16)22(15-28-23)24-20-8-7-18(17-4-2-1-3-5-17)13-19(20)10-11-29(24)25(27)30/h1-9,12-13,15,24,28H,10-11H2,(H2,27,30). The first-order chi connectivity index (χ1) is 14.7. The minimum atomic E-state index is -0.441. The Kier molecular flexibility index (Phi) is 4.26. The lowest BCUT2D eigenvalue weighted by Crippen LogP contribution is -2.43. The van der Waals surface area contributed by atoms with E-state index < -0.39 is 6.03 Å². The van der Waals surface area contributed by atoms with Gasteiger partial charge in [-0.2, -0.15) is 5.26 Å². The molecular weight excluding hydrogens is 372 g/mol. The number of amides is 2. The molecule has 1 unspecified atom stereocenters. The first-order valence-corrected chi connectivity index (χ1v) is 9.91. The number of primary amides is 1. The Morgan fingerprint density at radius 3 is 2.63 bits per heavy atom. The Hall–Kier alpha value is -4.04. The van der Waals surface area contributed by atoms with Crippen LogP contribution in [0, 0.1) is 11.3 Å². The number of fused-ring (bicyclic) bond motifs is 2. The monoisotopic (exact) mass is 392 g/mol. The predicted molar refractivity (Wildman–Crippen MR) is 117 cm³/mol. The van der Waals surface area contributed by atoms with Gasteiger partial charge in [-0.25, -0.2) is 4.79 Å². The number of nitrogens with one attached hydrogen (secondary N) is 1. The molecular formula is C25H20N4O. The van der Waals surface area contributed by atoms with Gasteiger partial charge in [0.05, 0.1) is 17.7 Å². The largest absolute Gasteiger partial charge is 0.361 e. The maximum absolute atomic E-state index is 12.3. The summed E-state index contributed by atoms with van der Waals surface area (Å²) in [7, 11) is 0. The van der Waals surface area contributed by atoms with Crippen molar-refractivity contribution in [2.24, 2.45) is 5.73 Å². The number of benzene rings is 3. The number of urea groups is 1. The molecule has 30 heavy (non-hydrogen) atoms. The van der Waals surface area contributed by atoms with Crippen LogP contribution in [0.5, 0.6) is 0 Å². The van der Waals surface area contributed by atoms with E-state index in [1.54, 1.807) is 11.0 Å². The quantitative estimate of drug-likeness (QED) is 0.517. The van der Waals surface area contributed by atoms with Crippen molar-refractivity contribution >= 4 is 16.9 Å². The smallest absolute Gasteiger partial charge is 0.315 e. The molecule has 3 N–H and O–H groups in total. The van der Waals surface area contributed by atoms with Gasteiger partial charge in [0.2, 0.25) is 0 Å². The second-order valence-electron chi connectivity index (χ2n) is 7.58. The number of aromatic amines is 1. The van der Waals surface area contributed by atoms with Crippen molar-refractivity contribution < 1.29 is 4.79 Å². The van der Waals surface area contributed by atoms with E-state index in [1.807, 2.05) is 36.5 Å².